The van der Waals surface area contributed by atoms with E-state index in [9.17, 15) is 14.0 Å². The Balaban J connectivity index is 1.38. The minimum Gasteiger partial charge on any atom is -0.311 e. The van der Waals surface area contributed by atoms with Crippen molar-refractivity contribution in [2.75, 3.05) is 6.54 Å². The van der Waals surface area contributed by atoms with Crippen LogP contribution in [0.4, 0.5) is 9.18 Å². The van der Waals surface area contributed by atoms with Gasteiger partial charge in [0.1, 0.15) is 18.3 Å². The molecule has 2 aliphatic heterocycles. The lowest BCUT2D eigenvalue weighted by molar-refractivity contribution is -0.140. The zero-order chi connectivity index (χ0) is 20.4. The molecule has 8 heteroatoms. The van der Waals surface area contributed by atoms with Gasteiger partial charge in [0, 0.05) is 12.1 Å². The summed E-state index contributed by atoms with van der Waals surface area (Å²) >= 11 is 0. The van der Waals surface area contributed by atoms with Crippen LogP contribution in [0.5, 0.6) is 0 Å². The fourth-order valence-electron chi connectivity index (χ4n) is 3.70. The molecule has 150 valence electrons. The summed E-state index contributed by atoms with van der Waals surface area (Å²) < 4.78 is 13.0. The third-order valence-electron chi connectivity index (χ3n) is 5.22. The molecule has 2 bridgehead atoms. The molecule has 0 spiro atoms. The van der Waals surface area contributed by atoms with Crippen LogP contribution in [0.25, 0.3) is 0 Å². The Labute approximate surface area is 167 Å². The van der Waals surface area contributed by atoms with E-state index in [1.54, 1.807) is 4.90 Å². The van der Waals surface area contributed by atoms with E-state index in [0.29, 0.717) is 26.0 Å². The van der Waals surface area contributed by atoms with Crippen LogP contribution < -0.4 is 5.32 Å². The fourth-order valence-corrected chi connectivity index (χ4v) is 3.70. The van der Waals surface area contributed by atoms with Crippen LogP contribution in [0, 0.1) is 11.2 Å². The maximum absolute atomic E-state index is 13.0. The first-order chi connectivity index (χ1) is 14.0. The molecule has 4 rings (SSSR count). The highest BCUT2D eigenvalue weighted by atomic mass is 19.1. The van der Waals surface area contributed by atoms with E-state index in [4.69, 9.17) is 10.2 Å². The third-order valence-corrected chi connectivity index (χ3v) is 5.22. The summed E-state index contributed by atoms with van der Waals surface area (Å²) in [6.07, 6.45) is 1.24. The number of fused-ring (bicyclic) bond motifs is 2. The lowest BCUT2D eigenvalue weighted by atomic mass is 10.00. The van der Waals surface area contributed by atoms with Crippen molar-refractivity contribution in [1.29, 1.82) is 5.41 Å². The number of nitrogens with one attached hydrogen (secondary N) is 2. The number of benzene rings is 2. The average molecular weight is 396 g/mol. The SMILES string of the molecule is N=C(NC(=O)c1ccc(F)cc1)[C@@H]1CC[C@@H]2CN1C(=O)N2OCc1ccccc1. The zero-order valence-electron chi connectivity index (χ0n) is 15.7. The van der Waals surface area contributed by atoms with Gasteiger partial charge in [-0.05, 0) is 42.7 Å². The Morgan fingerprint density at radius 3 is 2.59 bits per heavy atom. The predicted molar refractivity (Wildman–Crippen MR) is 104 cm³/mol. The highest BCUT2D eigenvalue weighted by Gasteiger charge is 2.47. The normalized spacial score (nSPS) is 20.7. The molecule has 2 atom stereocenters. The van der Waals surface area contributed by atoms with Gasteiger partial charge in [-0.2, -0.15) is 5.06 Å². The molecule has 0 unspecified atom stereocenters. The van der Waals surface area contributed by atoms with Crippen molar-refractivity contribution in [3.05, 3.63) is 71.5 Å². The number of hydrogen-bond donors (Lipinski definition) is 2. The summed E-state index contributed by atoms with van der Waals surface area (Å²) in [7, 11) is 0. The molecule has 0 aliphatic carbocycles. The maximum Gasteiger partial charge on any atom is 0.344 e. The monoisotopic (exact) mass is 396 g/mol. The molecule has 2 saturated heterocycles. The van der Waals surface area contributed by atoms with Crippen LogP contribution in [-0.4, -0.2) is 46.4 Å². The minimum absolute atomic E-state index is 0.0453. The fraction of sp³-hybridized carbons (Fsp3) is 0.286. The van der Waals surface area contributed by atoms with Gasteiger partial charge in [0.25, 0.3) is 5.91 Å². The van der Waals surface area contributed by atoms with Crippen molar-refractivity contribution in [3.8, 4) is 0 Å². The van der Waals surface area contributed by atoms with Crippen molar-refractivity contribution >= 4 is 17.8 Å². The van der Waals surface area contributed by atoms with Crippen LogP contribution >= 0.6 is 0 Å². The summed E-state index contributed by atoms with van der Waals surface area (Å²) in [5.74, 6) is -0.981. The number of halogens is 1. The average Bonchev–Trinajstić information content (AvgIpc) is 2.97. The maximum atomic E-state index is 13.0. The van der Waals surface area contributed by atoms with E-state index < -0.39 is 17.8 Å². The van der Waals surface area contributed by atoms with Crippen molar-refractivity contribution in [2.24, 2.45) is 0 Å². The van der Waals surface area contributed by atoms with E-state index in [0.717, 1.165) is 5.56 Å². The molecule has 2 aromatic rings. The number of hydrogen-bond acceptors (Lipinski definition) is 4. The first-order valence-electron chi connectivity index (χ1n) is 9.45. The Hall–Kier alpha value is -3.26. The number of nitrogens with zero attached hydrogens (tertiary/aromatic N) is 2. The molecule has 7 nitrogen and oxygen atoms in total. The molecule has 3 amide bonds. The van der Waals surface area contributed by atoms with E-state index in [-0.39, 0.29) is 23.5 Å². The van der Waals surface area contributed by atoms with Crippen molar-refractivity contribution in [1.82, 2.24) is 15.3 Å². The van der Waals surface area contributed by atoms with Gasteiger partial charge in [0.2, 0.25) is 0 Å². The molecule has 2 aliphatic rings. The first-order valence-corrected chi connectivity index (χ1v) is 9.45. The smallest absolute Gasteiger partial charge is 0.311 e. The molecule has 2 N–H and O–H groups in total. The molecule has 2 heterocycles. The number of carbonyl (C=O) groups excluding carboxylic acids is 2. The van der Waals surface area contributed by atoms with Crippen molar-refractivity contribution in [2.45, 2.75) is 31.5 Å². The summed E-state index contributed by atoms with van der Waals surface area (Å²) in [4.78, 5) is 32.4. The van der Waals surface area contributed by atoms with Gasteiger partial charge in [-0.1, -0.05) is 30.3 Å². The predicted octanol–water partition coefficient (Wildman–Crippen LogP) is 2.93. The largest absolute Gasteiger partial charge is 0.344 e. The second kappa shape index (κ2) is 8.00. The first kappa shape index (κ1) is 19.1. The highest BCUT2D eigenvalue weighted by molar-refractivity contribution is 6.07. The lowest BCUT2D eigenvalue weighted by Crippen LogP contribution is -2.50. The summed E-state index contributed by atoms with van der Waals surface area (Å²) in [5, 5.41) is 12.2. The van der Waals surface area contributed by atoms with Gasteiger partial charge in [0.15, 0.2) is 0 Å². The molecule has 0 radical (unpaired) electrons. The molecule has 0 aromatic heterocycles. The van der Waals surface area contributed by atoms with Crippen molar-refractivity contribution < 1.29 is 18.8 Å². The Morgan fingerprint density at radius 2 is 1.86 bits per heavy atom. The number of amides is 3. The molecular formula is C21H21FN4O3. The molecule has 2 fully saturated rings. The third kappa shape index (κ3) is 3.97. The van der Waals surface area contributed by atoms with Gasteiger partial charge >= 0.3 is 6.03 Å². The Morgan fingerprint density at radius 1 is 1.14 bits per heavy atom. The standard InChI is InChI=1S/C21H21FN4O3/c22-16-8-6-15(7-9-16)20(27)24-19(23)18-11-10-17-12-25(18)21(28)26(17)29-13-14-4-2-1-3-5-14/h1-9,17-18H,10-13H2,(H2,23,24,27)/t17-,18+/m1/s1. The summed E-state index contributed by atoms with van der Waals surface area (Å²) in [6, 6.07) is 13.8. The van der Waals surface area contributed by atoms with E-state index in [1.807, 2.05) is 30.3 Å². The van der Waals surface area contributed by atoms with Crippen LogP contribution in [0.2, 0.25) is 0 Å². The minimum atomic E-state index is -0.520. The van der Waals surface area contributed by atoms with Gasteiger partial charge in [0.05, 0.1) is 12.1 Å². The molecule has 2 aromatic carbocycles. The van der Waals surface area contributed by atoms with Crippen molar-refractivity contribution in [3.63, 3.8) is 0 Å². The second-order valence-corrected chi connectivity index (χ2v) is 7.14. The van der Waals surface area contributed by atoms with Gasteiger partial charge < -0.3 is 10.2 Å². The van der Waals surface area contributed by atoms with E-state index >= 15 is 0 Å². The van der Waals surface area contributed by atoms with Crippen LogP contribution in [0.1, 0.15) is 28.8 Å². The number of urea groups is 1. The molecular weight excluding hydrogens is 375 g/mol. The summed E-state index contributed by atoms with van der Waals surface area (Å²) in [5.41, 5.74) is 1.22. The molecule has 29 heavy (non-hydrogen) atoms. The lowest BCUT2D eigenvalue weighted by Gasteiger charge is -2.30. The molecule has 0 saturated carbocycles. The van der Waals surface area contributed by atoms with Crippen LogP contribution in [0.15, 0.2) is 54.6 Å². The van der Waals surface area contributed by atoms with E-state index in [2.05, 4.69) is 5.32 Å². The number of rotatable bonds is 5. The quantitative estimate of drug-likeness (QED) is 0.602. The zero-order valence-corrected chi connectivity index (χ0v) is 15.7. The number of hydroxylamine groups is 2. The van der Waals surface area contributed by atoms with Crippen LogP contribution in [-0.2, 0) is 11.4 Å². The van der Waals surface area contributed by atoms with Crippen LogP contribution in [0.3, 0.4) is 0 Å². The second-order valence-electron chi connectivity index (χ2n) is 7.14. The number of piperidine rings is 1. The number of amidine groups is 1. The highest BCUT2D eigenvalue weighted by Crippen LogP contribution is 2.30. The Kier molecular flexibility index (Phi) is 5.26. The Bertz CT molecular complexity index is 919. The van der Waals surface area contributed by atoms with E-state index in [1.165, 1.54) is 29.3 Å². The topological polar surface area (TPSA) is 85.7 Å². The summed E-state index contributed by atoms with van der Waals surface area (Å²) in [6.45, 7) is 0.743. The van der Waals surface area contributed by atoms with Gasteiger partial charge in [-0.25, -0.2) is 9.18 Å². The van der Waals surface area contributed by atoms with Gasteiger partial charge in [-0.15, -0.1) is 0 Å². The van der Waals surface area contributed by atoms with Gasteiger partial charge in [-0.3, -0.25) is 15.0 Å². The number of carbonyl (C=O) groups is 2.